The van der Waals surface area contributed by atoms with E-state index >= 15 is 0 Å². The molecule has 9 heteroatoms. The van der Waals surface area contributed by atoms with Crippen molar-refractivity contribution in [1.29, 1.82) is 0 Å². The number of aliphatic imine (C=N–C) groups is 1. The first-order valence-electron chi connectivity index (χ1n) is 9.80. The van der Waals surface area contributed by atoms with E-state index in [9.17, 15) is 9.18 Å². The second-order valence-electron chi connectivity index (χ2n) is 7.69. The van der Waals surface area contributed by atoms with Gasteiger partial charge in [-0.05, 0) is 31.9 Å². The molecule has 0 aliphatic carbocycles. The Hall–Kier alpha value is -2.71. The average Bonchev–Trinajstić information content (AvgIpc) is 2.70. The average molecular weight is 432 g/mol. The monoisotopic (exact) mass is 431 g/mol. The number of hydrogen-bond acceptors (Lipinski definition) is 6. The molecule has 1 fully saturated rings. The van der Waals surface area contributed by atoms with Crippen molar-refractivity contribution >= 4 is 34.8 Å². The highest BCUT2D eigenvalue weighted by Crippen LogP contribution is 2.41. The molecule has 7 nitrogen and oxygen atoms in total. The predicted octanol–water partition coefficient (Wildman–Crippen LogP) is 3.56. The van der Waals surface area contributed by atoms with Crippen molar-refractivity contribution < 1.29 is 13.9 Å². The molecule has 1 atom stereocenters. The minimum absolute atomic E-state index is 0.00427. The predicted molar refractivity (Wildman–Crippen MR) is 113 cm³/mol. The number of guanidine groups is 1. The zero-order chi connectivity index (χ0) is 21.3. The number of rotatable bonds is 4. The van der Waals surface area contributed by atoms with E-state index in [4.69, 9.17) is 27.1 Å². The van der Waals surface area contributed by atoms with Crippen molar-refractivity contribution in [3.05, 3.63) is 53.1 Å². The van der Waals surface area contributed by atoms with E-state index in [0.29, 0.717) is 35.2 Å². The summed E-state index contributed by atoms with van der Waals surface area (Å²) < 4.78 is 18.8. The largest absolute Gasteiger partial charge is 0.381 e. The molecule has 1 aromatic carbocycles. The van der Waals surface area contributed by atoms with Crippen molar-refractivity contribution in [2.24, 2.45) is 10.7 Å². The third-order valence-corrected chi connectivity index (χ3v) is 5.92. The van der Waals surface area contributed by atoms with Gasteiger partial charge in [-0.2, -0.15) is 4.39 Å². The fourth-order valence-electron chi connectivity index (χ4n) is 4.02. The van der Waals surface area contributed by atoms with Gasteiger partial charge in [0.25, 0.3) is 0 Å². The van der Waals surface area contributed by atoms with Gasteiger partial charge in [-0.15, -0.1) is 0 Å². The smallest absolute Gasteiger partial charge is 0.232 e. The molecule has 158 valence electrons. The highest BCUT2D eigenvalue weighted by molar-refractivity contribution is 6.34. The highest BCUT2D eigenvalue weighted by Gasteiger charge is 2.41. The van der Waals surface area contributed by atoms with Crippen molar-refractivity contribution in [2.45, 2.75) is 37.8 Å². The van der Waals surface area contributed by atoms with Crippen LogP contribution < -0.4 is 11.1 Å². The summed E-state index contributed by atoms with van der Waals surface area (Å²) in [5.41, 5.74) is 7.11. The molecule has 0 bridgehead atoms. The van der Waals surface area contributed by atoms with E-state index in [-0.39, 0.29) is 24.3 Å². The molecular formula is C21H23ClFN5O2. The Balaban J connectivity index is 1.65. The molecule has 4 rings (SSSR count). The van der Waals surface area contributed by atoms with Crippen LogP contribution >= 0.6 is 11.6 Å². The summed E-state index contributed by atoms with van der Waals surface area (Å²) in [4.78, 5) is 22.9. The third-order valence-electron chi connectivity index (χ3n) is 5.51. The number of nitrogens with two attached hydrogens (primary N) is 1. The molecule has 1 amide bonds. The minimum atomic E-state index is -0.902. The normalized spacial score (nSPS) is 22.7. The van der Waals surface area contributed by atoms with Crippen LogP contribution in [0.4, 0.5) is 15.8 Å². The Labute approximate surface area is 179 Å². The number of benzene rings is 1. The maximum Gasteiger partial charge on any atom is 0.232 e. The van der Waals surface area contributed by atoms with Gasteiger partial charge in [0, 0.05) is 42.8 Å². The molecule has 1 saturated heterocycles. The first-order valence-corrected chi connectivity index (χ1v) is 10.2. The topological polar surface area (TPSA) is 92.8 Å². The Morgan fingerprint density at radius 2 is 2.10 bits per heavy atom. The van der Waals surface area contributed by atoms with Crippen LogP contribution in [0.15, 0.2) is 41.5 Å². The lowest BCUT2D eigenvalue weighted by Crippen LogP contribution is -2.55. The Morgan fingerprint density at radius 1 is 1.33 bits per heavy atom. The van der Waals surface area contributed by atoms with Gasteiger partial charge in [0.15, 0.2) is 5.96 Å². The van der Waals surface area contributed by atoms with Crippen LogP contribution in [-0.2, 0) is 15.1 Å². The fraction of sp³-hybridized carbons (Fsp3) is 0.381. The van der Waals surface area contributed by atoms with Crippen molar-refractivity contribution in [1.82, 2.24) is 9.88 Å². The lowest BCUT2D eigenvalue weighted by Gasteiger charge is -2.40. The molecular weight excluding hydrogens is 409 g/mol. The number of aromatic nitrogens is 1. The summed E-state index contributed by atoms with van der Waals surface area (Å²) >= 11 is 6.68. The SMILES string of the molecule is C[C@@]1(c2cccc(Nc3ccnc(F)c3)c2Cl)CC(=O)N(C2CCOCC2)C(N)=N1. The van der Waals surface area contributed by atoms with Crippen molar-refractivity contribution in [3.8, 4) is 0 Å². The Morgan fingerprint density at radius 3 is 2.80 bits per heavy atom. The standard InChI is InChI=1S/C21H23ClFN5O2/c1-21(12-18(29)28(20(24)27-21)14-6-9-30-10-7-14)15-3-2-4-16(19(15)22)26-13-5-8-25-17(23)11-13/h2-5,8,11,14H,6-7,9-10,12H2,1H3,(H2,24,27)(H,25,26)/t21-/m0/s1. The summed E-state index contributed by atoms with van der Waals surface area (Å²) in [6.07, 6.45) is 2.99. The molecule has 0 saturated carbocycles. The summed E-state index contributed by atoms with van der Waals surface area (Å²) in [7, 11) is 0. The number of nitrogens with zero attached hydrogens (tertiary/aromatic N) is 3. The van der Waals surface area contributed by atoms with Gasteiger partial charge >= 0.3 is 0 Å². The number of ether oxygens (including phenoxy) is 1. The van der Waals surface area contributed by atoms with Crippen LogP contribution in [0.5, 0.6) is 0 Å². The second kappa shape index (κ2) is 8.20. The van der Waals surface area contributed by atoms with Gasteiger partial charge in [-0.25, -0.2) is 9.98 Å². The van der Waals surface area contributed by atoms with Gasteiger partial charge in [0.05, 0.1) is 22.7 Å². The van der Waals surface area contributed by atoms with Gasteiger partial charge in [0.1, 0.15) is 0 Å². The Bertz CT molecular complexity index is 995. The minimum Gasteiger partial charge on any atom is -0.381 e. The highest BCUT2D eigenvalue weighted by atomic mass is 35.5. The molecule has 0 unspecified atom stereocenters. The summed E-state index contributed by atoms with van der Waals surface area (Å²) in [6, 6.07) is 8.34. The first-order chi connectivity index (χ1) is 14.4. The van der Waals surface area contributed by atoms with Crippen LogP contribution in [0.2, 0.25) is 5.02 Å². The van der Waals surface area contributed by atoms with Crippen LogP contribution in [0.25, 0.3) is 0 Å². The maximum atomic E-state index is 13.4. The maximum absolute atomic E-state index is 13.4. The van der Waals surface area contributed by atoms with Gasteiger partial charge < -0.3 is 15.8 Å². The number of amides is 1. The molecule has 0 spiro atoms. The zero-order valence-corrected chi connectivity index (χ0v) is 17.3. The first kappa shape index (κ1) is 20.6. The number of carbonyl (C=O) groups is 1. The number of carbonyl (C=O) groups excluding carboxylic acids is 1. The molecule has 3 heterocycles. The van der Waals surface area contributed by atoms with E-state index in [1.807, 2.05) is 19.1 Å². The van der Waals surface area contributed by atoms with Crippen LogP contribution in [-0.4, -0.2) is 41.0 Å². The third kappa shape index (κ3) is 3.97. The van der Waals surface area contributed by atoms with Crippen molar-refractivity contribution in [2.75, 3.05) is 18.5 Å². The number of halogens is 2. The molecule has 2 aromatic rings. The molecule has 3 N–H and O–H groups in total. The van der Waals surface area contributed by atoms with Crippen LogP contribution in [0.3, 0.4) is 0 Å². The van der Waals surface area contributed by atoms with Gasteiger partial charge in [0.2, 0.25) is 11.9 Å². The number of pyridine rings is 1. The zero-order valence-electron chi connectivity index (χ0n) is 16.6. The van der Waals surface area contributed by atoms with Gasteiger partial charge in [-0.3, -0.25) is 9.69 Å². The summed E-state index contributed by atoms with van der Waals surface area (Å²) in [5, 5.41) is 3.50. The molecule has 1 aromatic heterocycles. The van der Waals surface area contributed by atoms with Crippen LogP contribution in [0.1, 0.15) is 31.7 Å². The summed E-state index contributed by atoms with van der Waals surface area (Å²) in [5.74, 6) is -0.475. The van der Waals surface area contributed by atoms with E-state index in [2.05, 4.69) is 10.3 Å². The van der Waals surface area contributed by atoms with Gasteiger partial charge in [-0.1, -0.05) is 23.7 Å². The second-order valence-corrected chi connectivity index (χ2v) is 8.07. The molecule has 2 aliphatic rings. The van der Waals surface area contributed by atoms with E-state index in [1.165, 1.54) is 12.3 Å². The van der Waals surface area contributed by atoms with Crippen LogP contribution in [0, 0.1) is 5.95 Å². The number of anilines is 2. The fourth-order valence-corrected chi connectivity index (χ4v) is 4.40. The lowest BCUT2D eigenvalue weighted by atomic mass is 9.86. The van der Waals surface area contributed by atoms with E-state index in [1.54, 1.807) is 17.0 Å². The quantitative estimate of drug-likeness (QED) is 0.722. The molecule has 2 aliphatic heterocycles. The van der Waals surface area contributed by atoms with E-state index in [0.717, 1.165) is 12.8 Å². The molecule has 30 heavy (non-hydrogen) atoms. The molecule has 0 radical (unpaired) electrons. The van der Waals surface area contributed by atoms with E-state index < -0.39 is 11.5 Å². The summed E-state index contributed by atoms with van der Waals surface area (Å²) in [6.45, 7) is 3.05. The Kier molecular flexibility index (Phi) is 5.62. The number of hydrogen-bond donors (Lipinski definition) is 2. The van der Waals surface area contributed by atoms with Crippen molar-refractivity contribution in [3.63, 3.8) is 0 Å². The lowest BCUT2D eigenvalue weighted by molar-refractivity contribution is -0.132. The number of nitrogens with one attached hydrogen (secondary N) is 1.